The van der Waals surface area contributed by atoms with Crippen molar-refractivity contribution in [3.8, 4) is 0 Å². The van der Waals surface area contributed by atoms with Crippen molar-refractivity contribution in [3.63, 3.8) is 0 Å². The maximum atomic E-state index is 3.56. The average Bonchev–Trinajstić information content (AvgIpc) is 2.66. The first kappa shape index (κ1) is 12.3. The number of likely N-dealkylation sites (N-methyl/N-ethyl adjacent to an activating group) is 1. The SMILES string of the molecule is CCC(CSC)N(C)CC1CCCN1. The molecule has 0 aromatic rings. The monoisotopic (exact) mass is 216 g/mol. The third-order valence-electron chi connectivity index (χ3n) is 3.12. The molecule has 1 aliphatic heterocycles. The molecule has 2 unspecified atom stereocenters. The summed E-state index contributed by atoms with van der Waals surface area (Å²) in [5.74, 6) is 1.26. The summed E-state index contributed by atoms with van der Waals surface area (Å²) in [7, 11) is 2.27. The van der Waals surface area contributed by atoms with Gasteiger partial charge in [0.1, 0.15) is 0 Å². The average molecular weight is 216 g/mol. The molecule has 2 nitrogen and oxygen atoms in total. The normalized spacial score (nSPS) is 24.4. The van der Waals surface area contributed by atoms with E-state index in [2.05, 4.69) is 30.4 Å². The van der Waals surface area contributed by atoms with E-state index in [1.165, 1.54) is 38.1 Å². The zero-order chi connectivity index (χ0) is 10.4. The van der Waals surface area contributed by atoms with Gasteiger partial charge in [0.05, 0.1) is 0 Å². The van der Waals surface area contributed by atoms with Crippen molar-refractivity contribution in [3.05, 3.63) is 0 Å². The lowest BCUT2D eigenvalue weighted by atomic mass is 10.1. The molecular formula is C11H24N2S. The van der Waals surface area contributed by atoms with Crippen molar-refractivity contribution in [1.29, 1.82) is 0 Å². The Hall–Kier alpha value is 0.270. The van der Waals surface area contributed by atoms with E-state index in [0.717, 1.165) is 12.1 Å². The Bertz CT molecular complexity index is 146. The summed E-state index contributed by atoms with van der Waals surface area (Å²) in [6.45, 7) is 4.73. The molecule has 0 spiro atoms. The zero-order valence-corrected chi connectivity index (χ0v) is 10.6. The maximum absolute atomic E-state index is 3.56. The fraction of sp³-hybridized carbons (Fsp3) is 1.00. The van der Waals surface area contributed by atoms with Crippen molar-refractivity contribution in [1.82, 2.24) is 10.2 Å². The van der Waals surface area contributed by atoms with Crippen molar-refractivity contribution in [2.75, 3.05) is 32.1 Å². The largest absolute Gasteiger partial charge is 0.313 e. The van der Waals surface area contributed by atoms with Crippen molar-refractivity contribution in [2.24, 2.45) is 0 Å². The predicted molar refractivity (Wildman–Crippen MR) is 66.1 cm³/mol. The summed E-state index contributed by atoms with van der Waals surface area (Å²) in [5.41, 5.74) is 0. The van der Waals surface area contributed by atoms with Gasteiger partial charge in [-0.3, -0.25) is 0 Å². The van der Waals surface area contributed by atoms with Gasteiger partial charge in [-0.25, -0.2) is 0 Å². The van der Waals surface area contributed by atoms with E-state index in [9.17, 15) is 0 Å². The highest BCUT2D eigenvalue weighted by molar-refractivity contribution is 7.98. The summed E-state index contributed by atoms with van der Waals surface area (Å²) < 4.78 is 0. The molecule has 0 aliphatic carbocycles. The number of hydrogen-bond donors (Lipinski definition) is 1. The van der Waals surface area contributed by atoms with Crippen LogP contribution in [0.3, 0.4) is 0 Å². The molecule has 0 saturated carbocycles. The summed E-state index contributed by atoms with van der Waals surface area (Å²) in [6, 6.07) is 1.50. The molecule has 0 aromatic heterocycles. The van der Waals surface area contributed by atoms with Gasteiger partial charge in [0.2, 0.25) is 0 Å². The minimum absolute atomic E-state index is 0.746. The minimum atomic E-state index is 0.746. The molecule has 1 heterocycles. The van der Waals surface area contributed by atoms with Gasteiger partial charge < -0.3 is 10.2 Å². The molecule has 2 atom stereocenters. The summed E-state index contributed by atoms with van der Waals surface area (Å²) in [4.78, 5) is 2.53. The lowest BCUT2D eigenvalue weighted by Crippen LogP contribution is -2.41. The highest BCUT2D eigenvalue weighted by Crippen LogP contribution is 2.12. The minimum Gasteiger partial charge on any atom is -0.313 e. The summed E-state index contributed by atoms with van der Waals surface area (Å²) >= 11 is 1.96. The fourth-order valence-corrected chi connectivity index (χ4v) is 3.03. The second kappa shape index (κ2) is 6.70. The van der Waals surface area contributed by atoms with Crippen LogP contribution in [0.15, 0.2) is 0 Å². The third kappa shape index (κ3) is 3.79. The van der Waals surface area contributed by atoms with Gasteiger partial charge in [-0.2, -0.15) is 11.8 Å². The first-order valence-corrected chi connectivity index (χ1v) is 7.09. The number of hydrogen-bond acceptors (Lipinski definition) is 3. The third-order valence-corrected chi connectivity index (χ3v) is 3.84. The molecule has 1 fully saturated rings. The summed E-state index contributed by atoms with van der Waals surface area (Å²) in [5, 5.41) is 3.56. The van der Waals surface area contributed by atoms with Crippen LogP contribution < -0.4 is 5.32 Å². The second-order valence-electron chi connectivity index (χ2n) is 4.25. The Kier molecular flexibility index (Phi) is 5.90. The molecule has 3 heteroatoms. The molecule has 0 radical (unpaired) electrons. The van der Waals surface area contributed by atoms with Gasteiger partial charge in [0, 0.05) is 24.4 Å². The Morgan fingerprint density at radius 2 is 2.36 bits per heavy atom. The van der Waals surface area contributed by atoms with Gasteiger partial charge >= 0.3 is 0 Å². The molecule has 0 bridgehead atoms. The standard InChI is InChI=1S/C11H24N2S/c1-4-11(9-14-3)13(2)8-10-6-5-7-12-10/h10-12H,4-9H2,1-3H3. The zero-order valence-electron chi connectivity index (χ0n) is 9.75. The molecule has 1 N–H and O–H groups in total. The second-order valence-corrected chi connectivity index (χ2v) is 5.16. The smallest absolute Gasteiger partial charge is 0.0195 e. The van der Waals surface area contributed by atoms with Gasteiger partial charge in [-0.05, 0) is 39.1 Å². The lowest BCUT2D eigenvalue weighted by Gasteiger charge is -2.29. The molecule has 84 valence electrons. The van der Waals surface area contributed by atoms with Gasteiger partial charge in [-0.15, -0.1) is 0 Å². The van der Waals surface area contributed by atoms with E-state index in [0.29, 0.717) is 0 Å². The van der Waals surface area contributed by atoms with E-state index in [4.69, 9.17) is 0 Å². The van der Waals surface area contributed by atoms with Crippen LogP contribution in [0.1, 0.15) is 26.2 Å². The van der Waals surface area contributed by atoms with Crippen LogP contribution in [0, 0.1) is 0 Å². The first-order chi connectivity index (χ1) is 6.77. The van der Waals surface area contributed by atoms with Crippen LogP contribution >= 0.6 is 11.8 Å². The Morgan fingerprint density at radius 1 is 1.57 bits per heavy atom. The molecule has 0 aromatic carbocycles. The molecule has 0 amide bonds. The molecule has 1 rings (SSSR count). The molecule has 1 saturated heterocycles. The number of nitrogens with one attached hydrogen (secondary N) is 1. The topological polar surface area (TPSA) is 15.3 Å². The van der Waals surface area contributed by atoms with E-state index in [1.807, 2.05) is 11.8 Å². The first-order valence-electron chi connectivity index (χ1n) is 5.70. The summed E-state index contributed by atoms with van der Waals surface area (Å²) in [6.07, 6.45) is 6.19. The maximum Gasteiger partial charge on any atom is 0.0195 e. The molecular weight excluding hydrogens is 192 g/mol. The number of thioether (sulfide) groups is 1. The Labute approximate surface area is 92.8 Å². The van der Waals surface area contributed by atoms with Gasteiger partial charge in [-0.1, -0.05) is 6.92 Å². The van der Waals surface area contributed by atoms with Crippen LogP contribution in [0.25, 0.3) is 0 Å². The highest BCUT2D eigenvalue weighted by Gasteiger charge is 2.19. The number of nitrogens with zero attached hydrogens (tertiary/aromatic N) is 1. The Balaban J connectivity index is 2.26. The van der Waals surface area contributed by atoms with E-state index in [1.54, 1.807) is 0 Å². The van der Waals surface area contributed by atoms with E-state index in [-0.39, 0.29) is 0 Å². The highest BCUT2D eigenvalue weighted by atomic mass is 32.2. The van der Waals surface area contributed by atoms with Crippen molar-refractivity contribution in [2.45, 2.75) is 38.3 Å². The van der Waals surface area contributed by atoms with Crippen molar-refractivity contribution >= 4 is 11.8 Å². The Morgan fingerprint density at radius 3 is 2.86 bits per heavy atom. The van der Waals surface area contributed by atoms with E-state index >= 15 is 0 Å². The predicted octanol–water partition coefficient (Wildman–Crippen LogP) is 1.81. The van der Waals surface area contributed by atoms with Gasteiger partial charge in [0.25, 0.3) is 0 Å². The molecule has 1 aliphatic rings. The fourth-order valence-electron chi connectivity index (χ4n) is 2.16. The van der Waals surface area contributed by atoms with Gasteiger partial charge in [0.15, 0.2) is 0 Å². The van der Waals surface area contributed by atoms with Crippen LogP contribution in [0.4, 0.5) is 0 Å². The van der Waals surface area contributed by atoms with Crippen molar-refractivity contribution < 1.29 is 0 Å². The van der Waals surface area contributed by atoms with Crippen LogP contribution in [-0.2, 0) is 0 Å². The van der Waals surface area contributed by atoms with E-state index < -0.39 is 0 Å². The number of rotatable bonds is 6. The van der Waals surface area contributed by atoms with Crippen LogP contribution in [0.5, 0.6) is 0 Å². The van der Waals surface area contributed by atoms with Crippen LogP contribution in [-0.4, -0.2) is 49.1 Å². The lowest BCUT2D eigenvalue weighted by molar-refractivity contribution is 0.234. The molecule has 14 heavy (non-hydrogen) atoms. The quantitative estimate of drug-likeness (QED) is 0.729. The van der Waals surface area contributed by atoms with Crippen LogP contribution in [0.2, 0.25) is 0 Å².